The van der Waals surface area contributed by atoms with Gasteiger partial charge in [-0.25, -0.2) is 0 Å². The Morgan fingerprint density at radius 1 is 0.980 bits per heavy atom. The average molecular weight is 729 g/mol. The van der Waals surface area contributed by atoms with E-state index in [1.165, 1.54) is 0 Å². The molecule has 0 aromatic heterocycles. The number of esters is 1. The van der Waals surface area contributed by atoms with Gasteiger partial charge in [0, 0.05) is 24.4 Å². The molecule has 0 saturated heterocycles. The molecule has 0 saturated carbocycles. The van der Waals surface area contributed by atoms with E-state index in [0.29, 0.717) is 16.2 Å². The third-order valence-electron chi connectivity index (χ3n) is 7.16. The van der Waals surface area contributed by atoms with Crippen molar-refractivity contribution in [1.29, 1.82) is 0 Å². The molecule has 272 valence electrons. The minimum absolute atomic E-state index is 0.0256. The zero-order valence-electron chi connectivity index (χ0n) is 27.5. The molecule has 0 radical (unpaired) electrons. The zero-order chi connectivity index (χ0) is 37.1. The smallest absolute Gasteiger partial charge is 0.321 e. The first-order valence-electron chi connectivity index (χ1n) is 15.3. The summed E-state index contributed by atoms with van der Waals surface area (Å²) in [5, 5.41) is 17.3. The molecule has 4 atom stereocenters. The minimum atomic E-state index is -5.04. The van der Waals surface area contributed by atoms with Gasteiger partial charge in [-0.1, -0.05) is 26.0 Å². The van der Waals surface area contributed by atoms with Crippen LogP contribution in [0.5, 0.6) is 0 Å². The monoisotopic (exact) mass is 728 g/mol. The number of benzene rings is 1. The van der Waals surface area contributed by atoms with Gasteiger partial charge in [0.2, 0.25) is 17.7 Å². The number of nitrogens with two attached hydrogens (primary N) is 1. The van der Waals surface area contributed by atoms with Crippen molar-refractivity contribution in [3.8, 4) is 0 Å². The minimum Gasteiger partial charge on any atom is -0.460 e. The van der Waals surface area contributed by atoms with E-state index >= 15 is 0 Å². The second-order valence-electron chi connectivity index (χ2n) is 12.1. The predicted octanol–water partition coefficient (Wildman–Crippen LogP) is -0.822. The highest BCUT2D eigenvalue weighted by molar-refractivity contribution is 7.87. The molecule has 49 heavy (non-hydrogen) atoms. The maximum absolute atomic E-state index is 13.4. The Morgan fingerprint density at radius 3 is 2.08 bits per heavy atom. The van der Waals surface area contributed by atoms with E-state index in [-0.39, 0.29) is 26.0 Å². The first-order chi connectivity index (χ1) is 22.7. The van der Waals surface area contributed by atoms with Gasteiger partial charge in [0.05, 0.1) is 0 Å². The van der Waals surface area contributed by atoms with Crippen molar-refractivity contribution >= 4 is 63.9 Å². The Hall–Kier alpha value is -3.88. The van der Waals surface area contributed by atoms with Crippen LogP contribution in [-0.4, -0.2) is 100 Å². The van der Waals surface area contributed by atoms with Crippen molar-refractivity contribution in [2.45, 2.75) is 82.0 Å². The number of thiol groups is 1. The van der Waals surface area contributed by atoms with E-state index in [1.807, 2.05) is 0 Å². The number of nitrogens with zero attached hydrogens (tertiary/aromatic N) is 1. The lowest BCUT2D eigenvalue weighted by Crippen LogP contribution is -2.56. The van der Waals surface area contributed by atoms with E-state index in [0.717, 1.165) is 12.2 Å². The van der Waals surface area contributed by atoms with Gasteiger partial charge in [-0.3, -0.25) is 49.3 Å². The van der Waals surface area contributed by atoms with Crippen LogP contribution in [0.15, 0.2) is 36.4 Å². The second-order valence-corrected chi connectivity index (χ2v) is 14.8. The lowest BCUT2D eigenvalue weighted by atomic mass is 10.0. The molecule has 1 aliphatic rings. The first-order valence-corrected chi connectivity index (χ1v) is 17.2. The summed E-state index contributed by atoms with van der Waals surface area (Å²) >= 11 is 4.17. The van der Waals surface area contributed by atoms with Crippen molar-refractivity contribution in [1.82, 2.24) is 20.9 Å². The number of carbonyl (C=O) groups is 6. The molecule has 1 aromatic rings. The van der Waals surface area contributed by atoms with E-state index in [2.05, 4.69) is 33.9 Å². The summed E-state index contributed by atoms with van der Waals surface area (Å²) in [6.07, 6.45) is 0.298. The molecule has 19 heteroatoms. The maximum atomic E-state index is 13.4. The van der Waals surface area contributed by atoms with Crippen molar-refractivity contribution < 1.29 is 51.6 Å². The lowest BCUT2D eigenvalue weighted by molar-refractivity contribution is -0.147. The van der Waals surface area contributed by atoms with Crippen LogP contribution >= 0.6 is 12.6 Å². The Morgan fingerprint density at radius 2 is 1.57 bits per heavy atom. The van der Waals surface area contributed by atoms with Crippen LogP contribution in [0.2, 0.25) is 0 Å². The molecule has 8 N–H and O–H groups in total. The number of imide groups is 1. The van der Waals surface area contributed by atoms with Gasteiger partial charge < -0.3 is 25.8 Å². The van der Waals surface area contributed by atoms with E-state index in [1.54, 1.807) is 52.0 Å². The molecule has 1 unspecified atom stereocenters. The van der Waals surface area contributed by atoms with Crippen LogP contribution in [0.25, 0.3) is 0 Å². The molecule has 1 aliphatic heterocycles. The topological polar surface area (TPSA) is 264 Å². The number of amides is 5. The van der Waals surface area contributed by atoms with Crippen LogP contribution in [0.1, 0.15) is 52.5 Å². The normalized spacial score (nSPS) is 15.8. The molecule has 2 rings (SSSR count). The van der Waals surface area contributed by atoms with Gasteiger partial charge in [0.25, 0.3) is 21.9 Å². The Balaban J connectivity index is 2.16. The molecular formula is C30H44N6O11S2. The quantitative estimate of drug-likeness (QED) is 0.0216. The van der Waals surface area contributed by atoms with E-state index in [4.69, 9.17) is 10.5 Å². The number of hydrogen-bond donors (Lipinski definition) is 8. The Bertz CT molecular complexity index is 1490. The zero-order valence-corrected chi connectivity index (χ0v) is 29.3. The number of hydrogen-bond acceptors (Lipinski definition) is 13. The summed E-state index contributed by atoms with van der Waals surface area (Å²) in [6, 6.07) is 3.80. The number of aliphatic hydroxyl groups is 1. The molecule has 1 heterocycles. The highest BCUT2D eigenvalue weighted by Gasteiger charge is 2.37. The van der Waals surface area contributed by atoms with Crippen LogP contribution in [-0.2, 0) is 50.2 Å². The van der Waals surface area contributed by atoms with Gasteiger partial charge in [-0.05, 0) is 63.3 Å². The third-order valence-corrected chi connectivity index (χ3v) is 8.51. The second kappa shape index (κ2) is 18.2. The predicted molar refractivity (Wildman–Crippen MR) is 180 cm³/mol. The molecule has 0 aliphatic carbocycles. The summed E-state index contributed by atoms with van der Waals surface area (Å²) in [4.78, 5) is 76.3. The first kappa shape index (κ1) is 41.3. The number of nitrogens with one attached hydrogen (secondary N) is 4. The molecular weight excluding hydrogens is 684 g/mol. The van der Waals surface area contributed by atoms with Crippen LogP contribution in [0.4, 0.5) is 5.69 Å². The van der Waals surface area contributed by atoms with Gasteiger partial charge in [0.15, 0.2) is 11.6 Å². The molecule has 0 bridgehead atoms. The lowest BCUT2D eigenvalue weighted by Gasteiger charge is -2.27. The maximum Gasteiger partial charge on any atom is 0.321 e. The summed E-state index contributed by atoms with van der Waals surface area (Å²) in [5.74, 6) is -5.32. The number of rotatable bonds is 19. The highest BCUT2D eigenvalue weighted by Crippen LogP contribution is 2.17. The van der Waals surface area contributed by atoms with Crippen molar-refractivity contribution in [3.63, 3.8) is 0 Å². The fourth-order valence-electron chi connectivity index (χ4n) is 4.42. The van der Waals surface area contributed by atoms with Crippen LogP contribution in [0, 0.1) is 5.92 Å². The number of aliphatic hydroxyl groups excluding tert-OH is 1. The van der Waals surface area contributed by atoms with Crippen LogP contribution in [0.3, 0.4) is 0 Å². The fourth-order valence-corrected chi connectivity index (χ4v) is 5.23. The molecule has 1 aromatic carbocycles. The van der Waals surface area contributed by atoms with Crippen molar-refractivity contribution in [2.75, 3.05) is 18.4 Å². The van der Waals surface area contributed by atoms with Crippen LogP contribution < -0.4 is 27.0 Å². The van der Waals surface area contributed by atoms with E-state index < -0.39 is 92.9 Å². The Kier molecular flexibility index (Phi) is 15.3. The molecule has 5 amide bonds. The Labute approximate surface area is 289 Å². The SMILES string of the molecule is CC(C)[C@H](NC(=O)[C@@H](CCN1C(=O)C=CC1=O)S(=O)(=O)O)C(=O)N[C@@H](CCCNC(N)O)C(=O)Nc1ccc(COC(=O)C(C)(C)S)cc1. The largest absolute Gasteiger partial charge is 0.460 e. The van der Waals surface area contributed by atoms with Crippen molar-refractivity contribution in [2.24, 2.45) is 11.7 Å². The summed E-state index contributed by atoms with van der Waals surface area (Å²) < 4.78 is 38.2. The highest BCUT2D eigenvalue weighted by atomic mass is 32.2. The molecule has 17 nitrogen and oxygen atoms in total. The van der Waals surface area contributed by atoms with Gasteiger partial charge in [-0.2, -0.15) is 21.0 Å². The van der Waals surface area contributed by atoms with E-state index in [9.17, 15) is 46.8 Å². The number of carbonyl (C=O) groups excluding carboxylic acids is 6. The molecule has 0 fully saturated rings. The summed E-state index contributed by atoms with van der Waals surface area (Å²) in [5.41, 5.74) is 6.27. The van der Waals surface area contributed by atoms with Crippen molar-refractivity contribution in [3.05, 3.63) is 42.0 Å². The number of anilines is 1. The summed E-state index contributed by atoms with van der Waals surface area (Å²) in [6.45, 7) is 5.95. The van der Waals surface area contributed by atoms with Gasteiger partial charge in [0.1, 0.15) is 23.4 Å². The number of ether oxygens (including phenoxy) is 1. The average Bonchev–Trinajstić information content (AvgIpc) is 3.31. The third kappa shape index (κ3) is 13.5. The fraction of sp³-hybridized carbons (Fsp3) is 0.533. The standard InChI is InChI=1S/C30H44N6O11S2/c1-17(2)24(35-26(40)21(49(44,45)46)13-15-36-22(37)11-12-23(36)38)27(41)34-20(6-5-14-32-29(31)43)25(39)33-19-9-7-18(8-10-19)16-47-28(42)30(3,4)48/h7-12,17,20-21,24,29,32,43,48H,5-6,13-16,31H2,1-4H3,(H,33,39)(H,34,41)(H,35,40)(H,44,45,46)/t20-,21+,24-,29?/m0/s1. The molecule has 0 spiro atoms. The van der Waals surface area contributed by atoms with Gasteiger partial charge >= 0.3 is 5.97 Å². The van der Waals surface area contributed by atoms with Gasteiger partial charge in [-0.15, -0.1) is 0 Å². The summed E-state index contributed by atoms with van der Waals surface area (Å²) in [7, 11) is -5.04.